The van der Waals surface area contributed by atoms with Crippen molar-refractivity contribution < 1.29 is 19.6 Å². The lowest BCUT2D eigenvalue weighted by atomic mass is 10.1. The van der Waals surface area contributed by atoms with Crippen LogP contribution in [0.4, 0.5) is 5.69 Å². The van der Waals surface area contributed by atoms with Gasteiger partial charge in [0.15, 0.2) is 0 Å². The second kappa shape index (κ2) is 7.28. The Morgan fingerprint density at radius 2 is 1.81 bits per heavy atom. The summed E-state index contributed by atoms with van der Waals surface area (Å²) in [6.45, 7) is 1.90. The zero-order chi connectivity index (χ0) is 19.6. The zero-order valence-corrected chi connectivity index (χ0v) is 14.5. The molecule has 0 unspecified atom stereocenters. The van der Waals surface area contributed by atoms with Gasteiger partial charge in [0.25, 0.3) is 11.6 Å². The number of fused-ring (bicyclic) bond motifs is 1. The van der Waals surface area contributed by atoms with Crippen LogP contribution in [0.25, 0.3) is 10.9 Å². The first kappa shape index (κ1) is 18.1. The van der Waals surface area contributed by atoms with Crippen molar-refractivity contribution >= 4 is 28.5 Å². The number of carboxylic acid groups (broad SMARTS) is 1. The lowest BCUT2D eigenvalue weighted by Crippen LogP contribution is -2.25. The van der Waals surface area contributed by atoms with Gasteiger partial charge in [-0.25, -0.2) is 4.79 Å². The number of amides is 1. The Bertz CT molecular complexity index is 1050. The highest BCUT2D eigenvalue weighted by Gasteiger charge is 2.25. The van der Waals surface area contributed by atoms with Crippen LogP contribution in [0.5, 0.6) is 0 Å². The fourth-order valence-corrected chi connectivity index (χ4v) is 3.12. The van der Waals surface area contributed by atoms with Crippen LogP contribution in [-0.2, 0) is 6.42 Å². The molecule has 2 aromatic carbocycles. The molecule has 0 fully saturated rings. The average molecular weight is 367 g/mol. The van der Waals surface area contributed by atoms with Gasteiger partial charge in [-0.15, -0.1) is 0 Å². The van der Waals surface area contributed by atoms with Crippen LogP contribution in [0.15, 0.2) is 48.5 Å². The number of nitro benzene ring substituents is 1. The van der Waals surface area contributed by atoms with Crippen molar-refractivity contribution in [3.63, 3.8) is 0 Å². The molecule has 1 aromatic heterocycles. The van der Waals surface area contributed by atoms with Crippen LogP contribution in [0.3, 0.4) is 0 Å². The predicted molar refractivity (Wildman–Crippen MR) is 99.7 cm³/mol. The van der Waals surface area contributed by atoms with Gasteiger partial charge in [-0.3, -0.25) is 25.0 Å². The maximum absolute atomic E-state index is 12.7. The summed E-state index contributed by atoms with van der Waals surface area (Å²) in [5.74, 6) is -1.77. The first-order valence-electron chi connectivity index (χ1n) is 8.36. The summed E-state index contributed by atoms with van der Waals surface area (Å²) < 4.78 is 1.42. The number of carbonyl (C=O) groups excluding carboxylic acids is 1. The van der Waals surface area contributed by atoms with E-state index in [-0.39, 0.29) is 16.8 Å². The highest BCUT2D eigenvalue weighted by atomic mass is 16.6. The molecule has 0 saturated carbocycles. The molecule has 138 valence electrons. The lowest BCUT2D eigenvalue weighted by molar-refractivity contribution is -0.385. The number of nitrogens with zero attached hydrogens (tertiary/aromatic N) is 2. The van der Waals surface area contributed by atoms with E-state index < -0.39 is 16.8 Å². The molecule has 2 N–H and O–H groups in total. The van der Waals surface area contributed by atoms with E-state index in [1.807, 2.05) is 6.92 Å². The molecule has 0 aliphatic rings. The topological polar surface area (TPSA) is 114 Å². The third kappa shape index (κ3) is 3.24. The molecule has 8 heteroatoms. The molecule has 1 amide bonds. The molecule has 1 heterocycles. The smallest absolute Gasteiger partial charge is 0.338 e. The third-order valence-electron chi connectivity index (χ3n) is 4.23. The molecule has 0 aliphatic carbocycles. The highest BCUT2D eigenvalue weighted by Crippen LogP contribution is 2.27. The molecule has 0 saturated heterocycles. The number of aromatic carboxylic acids is 1. The van der Waals surface area contributed by atoms with Crippen LogP contribution < -0.4 is 5.43 Å². The van der Waals surface area contributed by atoms with Gasteiger partial charge in [-0.05, 0) is 18.6 Å². The van der Waals surface area contributed by atoms with Crippen molar-refractivity contribution in [3.05, 3.63) is 75.5 Å². The predicted octanol–water partition coefficient (Wildman–Crippen LogP) is 3.58. The SMILES string of the molecule is CCCc1c(C(=O)O)c2ccccc2n1NC(=O)c1ccccc1[N+](=O)[O-]. The maximum atomic E-state index is 12.7. The number of hydrogen-bond acceptors (Lipinski definition) is 4. The Morgan fingerprint density at radius 1 is 1.15 bits per heavy atom. The summed E-state index contributed by atoms with van der Waals surface area (Å²) in [5.41, 5.74) is 3.30. The van der Waals surface area contributed by atoms with Gasteiger partial charge >= 0.3 is 5.97 Å². The number of hydrogen-bond donors (Lipinski definition) is 2. The van der Waals surface area contributed by atoms with Gasteiger partial charge in [0.2, 0.25) is 0 Å². The van der Waals surface area contributed by atoms with Crippen LogP contribution in [0.1, 0.15) is 39.8 Å². The number of carboxylic acids is 1. The quantitative estimate of drug-likeness (QED) is 0.510. The van der Waals surface area contributed by atoms with E-state index in [9.17, 15) is 24.8 Å². The number of benzene rings is 2. The molecule has 0 aliphatic heterocycles. The van der Waals surface area contributed by atoms with Crippen LogP contribution in [0, 0.1) is 10.1 Å². The normalized spacial score (nSPS) is 10.7. The fourth-order valence-electron chi connectivity index (χ4n) is 3.12. The number of nitrogens with one attached hydrogen (secondary N) is 1. The number of nitro groups is 1. The van der Waals surface area contributed by atoms with Crippen molar-refractivity contribution in [2.75, 3.05) is 5.43 Å². The summed E-state index contributed by atoms with van der Waals surface area (Å²) in [4.78, 5) is 35.1. The Morgan fingerprint density at radius 3 is 2.48 bits per heavy atom. The minimum Gasteiger partial charge on any atom is -0.478 e. The molecule has 3 rings (SSSR count). The summed E-state index contributed by atoms with van der Waals surface area (Å²) in [6.07, 6.45) is 1.09. The van der Waals surface area contributed by atoms with E-state index in [1.165, 1.54) is 28.9 Å². The Labute approximate surface area is 154 Å². The van der Waals surface area contributed by atoms with Gasteiger partial charge in [0.1, 0.15) is 5.56 Å². The van der Waals surface area contributed by atoms with E-state index in [4.69, 9.17) is 0 Å². The van der Waals surface area contributed by atoms with E-state index >= 15 is 0 Å². The first-order valence-corrected chi connectivity index (χ1v) is 8.36. The fraction of sp³-hybridized carbons (Fsp3) is 0.158. The molecule has 0 bridgehead atoms. The number of carbonyl (C=O) groups is 2. The van der Waals surface area contributed by atoms with E-state index in [0.717, 1.165) is 0 Å². The second-order valence-corrected chi connectivity index (χ2v) is 5.94. The van der Waals surface area contributed by atoms with Crippen LogP contribution in [0.2, 0.25) is 0 Å². The van der Waals surface area contributed by atoms with Crippen molar-refractivity contribution in [2.45, 2.75) is 19.8 Å². The third-order valence-corrected chi connectivity index (χ3v) is 4.23. The van der Waals surface area contributed by atoms with Crippen molar-refractivity contribution in [2.24, 2.45) is 0 Å². The van der Waals surface area contributed by atoms with Gasteiger partial charge in [0.05, 0.1) is 21.7 Å². The largest absolute Gasteiger partial charge is 0.478 e. The molecule has 0 spiro atoms. The number of rotatable bonds is 6. The average Bonchev–Trinajstić information content (AvgIpc) is 2.95. The van der Waals surface area contributed by atoms with E-state index in [0.29, 0.717) is 29.4 Å². The maximum Gasteiger partial charge on any atom is 0.338 e. The number of para-hydroxylation sites is 2. The lowest BCUT2D eigenvalue weighted by Gasteiger charge is -2.12. The van der Waals surface area contributed by atoms with Crippen LogP contribution >= 0.6 is 0 Å². The molecule has 0 radical (unpaired) electrons. The minimum atomic E-state index is -1.09. The molecular formula is C19H17N3O5. The number of aromatic nitrogens is 1. The molecule has 8 nitrogen and oxygen atoms in total. The van der Waals surface area contributed by atoms with Crippen molar-refractivity contribution in [3.8, 4) is 0 Å². The molecular weight excluding hydrogens is 350 g/mol. The Balaban J connectivity index is 2.15. The van der Waals surface area contributed by atoms with Crippen LogP contribution in [-0.4, -0.2) is 26.6 Å². The standard InChI is InChI=1S/C19H17N3O5/c1-2-7-16-17(19(24)25)12-8-3-5-10-14(12)21(16)20-18(23)13-9-4-6-11-15(13)22(26)27/h3-6,8-11H,2,7H2,1H3,(H,20,23)(H,24,25). The molecule has 27 heavy (non-hydrogen) atoms. The summed E-state index contributed by atoms with van der Waals surface area (Å²) in [6, 6.07) is 12.4. The van der Waals surface area contributed by atoms with Gasteiger partial charge in [0, 0.05) is 11.5 Å². The zero-order valence-electron chi connectivity index (χ0n) is 14.5. The summed E-state index contributed by atoms with van der Waals surface area (Å²) in [7, 11) is 0. The highest BCUT2D eigenvalue weighted by molar-refractivity contribution is 6.08. The van der Waals surface area contributed by atoms with Gasteiger partial charge < -0.3 is 5.11 Å². The van der Waals surface area contributed by atoms with Gasteiger partial charge in [-0.1, -0.05) is 43.7 Å². The minimum absolute atomic E-state index is 0.0976. The van der Waals surface area contributed by atoms with E-state index in [2.05, 4.69) is 5.43 Å². The van der Waals surface area contributed by atoms with Crippen molar-refractivity contribution in [1.29, 1.82) is 0 Å². The first-order chi connectivity index (χ1) is 13.0. The molecule has 0 atom stereocenters. The summed E-state index contributed by atoms with van der Waals surface area (Å²) in [5, 5.41) is 21.3. The summed E-state index contributed by atoms with van der Waals surface area (Å²) >= 11 is 0. The van der Waals surface area contributed by atoms with Gasteiger partial charge in [-0.2, -0.15) is 0 Å². The van der Waals surface area contributed by atoms with E-state index in [1.54, 1.807) is 24.3 Å². The Kier molecular flexibility index (Phi) is 4.89. The van der Waals surface area contributed by atoms with Crippen molar-refractivity contribution in [1.82, 2.24) is 4.68 Å². The monoisotopic (exact) mass is 367 g/mol. The molecule has 3 aromatic rings. The Hall–Kier alpha value is -3.68. The second-order valence-electron chi connectivity index (χ2n) is 5.94.